The monoisotopic (exact) mass is 734 g/mol. The Balaban J connectivity index is 0.000000175. The van der Waals surface area contributed by atoms with Crippen molar-refractivity contribution >= 4 is 68.1 Å². The van der Waals surface area contributed by atoms with E-state index in [9.17, 15) is 33.9 Å². The first-order chi connectivity index (χ1) is 20.9. The van der Waals surface area contributed by atoms with Crippen LogP contribution < -0.4 is 0 Å². The second-order valence-corrected chi connectivity index (χ2v) is 12.1. The van der Waals surface area contributed by atoms with Gasteiger partial charge in [0.15, 0.2) is 0 Å². The van der Waals surface area contributed by atoms with Gasteiger partial charge in [-0.2, -0.15) is 0 Å². The third kappa shape index (κ3) is 6.43. The Morgan fingerprint density at radius 2 is 1.05 bits per heavy atom. The first-order valence-corrected chi connectivity index (χ1v) is 15.2. The molecule has 13 nitrogen and oxygen atoms in total. The minimum Gasteiger partial charge on any atom is -0.508 e. The highest BCUT2D eigenvalue weighted by Gasteiger charge is 2.45. The van der Waals surface area contributed by atoms with Gasteiger partial charge in [-0.25, -0.2) is 17.4 Å². The average Bonchev–Trinajstić information content (AvgIpc) is 3.58. The number of aromatic hydroxyl groups is 1. The lowest BCUT2D eigenvalue weighted by molar-refractivity contribution is -0.145. The molecule has 0 aliphatic carbocycles. The number of cyclic esters (lactones) is 2. The summed E-state index contributed by atoms with van der Waals surface area (Å²) in [5, 5.41) is 9.29. The molecule has 0 aromatic heterocycles. The molecule has 0 bridgehead atoms. The molecule has 4 saturated heterocycles. The maximum absolute atomic E-state index is 12.2. The third-order valence-electron chi connectivity index (χ3n) is 7.80. The summed E-state index contributed by atoms with van der Waals surface area (Å²) in [6, 6.07) is 12.7. The molecule has 1 N–H and O–H groups in total. The first kappa shape index (κ1) is 31.4. The molecule has 15 heteroatoms. The van der Waals surface area contributed by atoms with E-state index in [0.717, 1.165) is 24.5 Å². The SMILES string of the molecule is Cc1ccc(C2CN(C3CCC(=O)N(Br)C3=O)C(=O)O2)cc1.O=C1CCC(N2CC(c3ccc(O)cc3)OC2=O)C(=O)N1Br. The molecule has 6 amide bonds. The van der Waals surface area contributed by atoms with E-state index in [4.69, 9.17) is 9.47 Å². The summed E-state index contributed by atoms with van der Waals surface area (Å²) in [6.45, 7) is 2.53. The number of imide groups is 2. The quantitative estimate of drug-likeness (QED) is 0.362. The number of phenols is 1. The van der Waals surface area contributed by atoms with Crippen molar-refractivity contribution in [1.82, 2.24) is 17.7 Å². The van der Waals surface area contributed by atoms with E-state index in [2.05, 4.69) is 32.3 Å². The third-order valence-corrected chi connectivity index (χ3v) is 9.30. The molecule has 4 aliphatic rings. The molecule has 4 fully saturated rings. The number of phenolic OH excluding ortho intramolecular Hbond substituents is 1. The van der Waals surface area contributed by atoms with E-state index in [1.165, 1.54) is 21.9 Å². The number of nitrogens with zero attached hydrogens (tertiary/aromatic N) is 4. The van der Waals surface area contributed by atoms with Crippen LogP contribution in [0.15, 0.2) is 48.5 Å². The number of hydrogen-bond acceptors (Lipinski definition) is 9. The van der Waals surface area contributed by atoms with Crippen LogP contribution in [-0.4, -0.2) is 83.7 Å². The normalized spacial score (nSPS) is 25.6. The summed E-state index contributed by atoms with van der Waals surface area (Å²) >= 11 is 5.87. The molecular weight excluding hydrogens is 708 g/mol. The van der Waals surface area contributed by atoms with Gasteiger partial charge in [-0.05, 0) is 43.0 Å². The number of aryl methyl sites for hydroxylation is 1. The fraction of sp³-hybridized carbons (Fsp3) is 0.379. The molecule has 4 aliphatic heterocycles. The maximum Gasteiger partial charge on any atom is 0.411 e. The second kappa shape index (κ2) is 12.9. The fourth-order valence-electron chi connectivity index (χ4n) is 5.34. The average molecular weight is 736 g/mol. The van der Waals surface area contributed by atoms with Gasteiger partial charge in [0.05, 0.1) is 45.4 Å². The molecule has 0 saturated carbocycles. The predicted molar refractivity (Wildman–Crippen MR) is 159 cm³/mol. The summed E-state index contributed by atoms with van der Waals surface area (Å²) in [5.74, 6) is -1.36. The van der Waals surface area contributed by atoms with Crippen LogP contribution in [-0.2, 0) is 28.7 Å². The molecule has 232 valence electrons. The number of piperidine rings is 2. The van der Waals surface area contributed by atoms with E-state index < -0.39 is 42.2 Å². The van der Waals surface area contributed by atoms with E-state index >= 15 is 0 Å². The molecule has 6 rings (SSSR count). The highest BCUT2D eigenvalue weighted by molar-refractivity contribution is 9.08. The standard InChI is InChI=1S/C15H15BrN2O4.C14H13BrN2O5/c1-9-2-4-10(5-3-9)12-8-17(15(21)22-12)11-6-7-13(19)18(16)14(11)20;15-17-12(19)6-5-10(13(17)20)16-7-11(22-14(16)21)8-1-3-9(18)4-2-8/h2-5,11-12H,6-8H2,1H3;1-4,10-11,18H,5-7H2. The zero-order valence-corrected chi connectivity index (χ0v) is 26.6. The molecule has 2 aromatic rings. The van der Waals surface area contributed by atoms with Crippen LogP contribution in [0.3, 0.4) is 0 Å². The lowest BCUT2D eigenvalue weighted by atomic mass is 10.0. The fourth-order valence-corrected chi connectivity index (χ4v) is 6.16. The van der Waals surface area contributed by atoms with Crippen LogP contribution in [0.1, 0.15) is 54.6 Å². The number of hydrogen-bond donors (Lipinski definition) is 1. The number of carbonyl (C=O) groups excluding carboxylic acids is 6. The number of amides is 6. The van der Waals surface area contributed by atoms with Gasteiger partial charge in [0, 0.05) is 12.8 Å². The van der Waals surface area contributed by atoms with Gasteiger partial charge in [-0.15, -0.1) is 0 Å². The Kier molecular flexibility index (Phi) is 9.25. The van der Waals surface area contributed by atoms with Gasteiger partial charge in [-0.1, -0.05) is 42.0 Å². The Bertz CT molecular complexity index is 1380. The van der Waals surface area contributed by atoms with Crippen molar-refractivity contribution in [3.05, 3.63) is 65.2 Å². The van der Waals surface area contributed by atoms with Crippen LogP contribution in [0, 0.1) is 6.92 Å². The molecule has 4 atom stereocenters. The second-order valence-electron chi connectivity index (χ2n) is 10.7. The number of rotatable bonds is 4. The first-order valence-electron chi connectivity index (χ1n) is 13.8. The van der Waals surface area contributed by atoms with Crippen LogP contribution in [0.2, 0.25) is 0 Å². The van der Waals surface area contributed by atoms with E-state index in [0.29, 0.717) is 13.0 Å². The van der Waals surface area contributed by atoms with Crippen LogP contribution >= 0.6 is 32.3 Å². The van der Waals surface area contributed by atoms with Gasteiger partial charge in [0.25, 0.3) is 11.8 Å². The van der Waals surface area contributed by atoms with Gasteiger partial charge < -0.3 is 14.6 Å². The Morgan fingerprint density at radius 1 is 0.659 bits per heavy atom. The van der Waals surface area contributed by atoms with Crippen molar-refractivity contribution in [3.63, 3.8) is 0 Å². The highest BCUT2D eigenvalue weighted by Crippen LogP contribution is 2.33. The number of halogens is 2. The van der Waals surface area contributed by atoms with Crippen LogP contribution in [0.4, 0.5) is 9.59 Å². The smallest absolute Gasteiger partial charge is 0.411 e. The van der Waals surface area contributed by atoms with Gasteiger partial charge in [-0.3, -0.25) is 29.0 Å². The lowest BCUT2D eigenvalue weighted by Gasteiger charge is -2.30. The number of benzene rings is 2. The summed E-state index contributed by atoms with van der Waals surface area (Å²) in [4.78, 5) is 74.1. The molecule has 4 unspecified atom stereocenters. The van der Waals surface area contributed by atoms with E-state index in [-0.39, 0.29) is 49.5 Å². The maximum atomic E-state index is 12.2. The van der Waals surface area contributed by atoms with Crippen LogP contribution in [0.25, 0.3) is 0 Å². The van der Waals surface area contributed by atoms with Crippen LogP contribution in [0.5, 0.6) is 5.75 Å². The van der Waals surface area contributed by atoms with Crippen molar-refractivity contribution in [1.29, 1.82) is 0 Å². The zero-order valence-electron chi connectivity index (χ0n) is 23.4. The lowest BCUT2D eigenvalue weighted by Crippen LogP contribution is -2.51. The Morgan fingerprint density at radius 3 is 1.45 bits per heavy atom. The minimum absolute atomic E-state index is 0.126. The van der Waals surface area contributed by atoms with Crippen molar-refractivity contribution in [2.75, 3.05) is 13.1 Å². The number of ether oxygens (including phenoxy) is 2. The summed E-state index contributed by atoms with van der Waals surface area (Å²) in [6.07, 6.45) is -0.946. The van der Waals surface area contributed by atoms with Crippen molar-refractivity contribution < 1.29 is 43.3 Å². The van der Waals surface area contributed by atoms with Crippen molar-refractivity contribution in [3.8, 4) is 5.75 Å². The zero-order chi connectivity index (χ0) is 31.7. The molecule has 0 radical (unpaired) electrons. The van der Waals surface area contributed by atoms with E-state index in [1.807, 2.05) is 31.2 Å². The summed E-state index contributed by atoms with van der Waals surface area (Å²) in [5.41, 5.74) is 2.76. The molecule has 2 aromatic carbocycles. The predicted octanol–water partition coefficient (Wildman–Crippen LogP) is 4.03. The largest absolute Gasteiger partial charge is 0.508 e. The van der Waals surface area contributed by atoms with Crippen molar-refractivity contribution in [2.24, 2.45) is 0 Å². The minimum atomic E-state index is -0.702. The number of carbonyl (C=O) groups is 6. The Labute approximate surface area is 269 Å². The van der Waals surface area contributed by atoms with Gasteiger partial charge in [0.2, 0.25) is 11.8 Å². The van der Waals surface area contributed by atoms with E-state index in [1.54, 1.807) is 12.1 Å². The molecule has 4 heterocycles. The molecule has 0 spiro atoms. The van der Waals surface area contributed by atoms with Gasteiger partial charge >= 0.3 is 12.2 Å². The molecular formula is C29H28Br2N4O9. The molecule has 44 heavy (non-hydrogen) atoms. The highest BCUT2D eigenvalue weighted by atomic mass is 79.9. The summed E-state index contributed by atoms with van der Waals surface area (Å²) in [7, 11) is 0. The Hall–Kier alpha value is -3.98. The summed E-state index contributed by atoms with van der Waals surface area (Å²) < 4.78 is 12.5. The van der Waals surface area contributed by atoms with Gasteiger partial charge in [0.1, 0.15) is 30.0 Å². The topological polar surface area (TPSA) is 154 Å². The van der Waals surface area contributed by atoms with Crippen molar-refractivity contribution in [2.45, 2.75) is 56.9 Å².